The minimum atomic E-state index is -0.833. The lowest BCUT2D eigenvalue weighted by Crippen LogP contribution is -1.84. The zero-order valence-corrected chi connectivity index (χ0v) is 10.9. The summed E-state index contributed by atoms with van der Waals surface area (Å²) in [5, 5.41) is 16.0. The average Bonchev–Trinajstić information content (AvgIpc) is 2.21. The van der Waals surface area contributed by atoms with Gasteiger partial charge >= 0.3 is 0 Å². The SMILES string of the molecule is CC(=O)O.CCCCCCCCCCCO. The highest BCUT2D eigenvalue weighted by atomic mass is 16.4. The van der Waals surface area contributed by atoms with Gasteiger partial charge < -0.3 is 10.2 Å². The van der Waals surface area contributed by atoms with Crippen LogP contribution in [0.15, 0.2) is 0 Å². The molecule has 0 saturated carbocycles. The molecule has 0 aromatic heterocycles. The van der Waals surface area contributed by atoms with Gasteiger partial charge in [0.1, 0.15) is 0 Å². The van der Waals surface area contributed by atoms with Crippen LogP contribution < -0.4 is 0 Å². The van der Waals surface area contributed by atoms with Crippen molar-refractivity contribution in [3.63, 3.8) is 0 Å². The van der Waals surface area contributed by atoms with E-state index in [0.717, 1.165) is 13.3 Å². The molecule has 0 aliphatic heterocycles. The molecule has 0 heterocycles. The molecule has 3 heteroatoms. The number of unbranched alkanes of at least 4 members (excludes halogenated alkanes) is 8. The fourth-order valence-corrected chi connectivity index (χ4v) is 1.42. The third-order valence-electron chi connectivity index (χ3n) is 2.26. The second-order valence-electron chi connectivity index (χ2n) is 4.07. The smallest absolute Gasteiger partial charge is 0.300 e. The number of hydrogen-bond donors (Lipinski definition) is 2. The Bertz CT molecular complexity index is 121. The monoisotopic (exact) mass is 232 g/mol. The first kappa shape index (κ1) is 17.8. The van der Waals surface area contributed by atoms with Crippen LogP contribution in [0.4, 0.5) is 0 Å². The highest BCUT2D eigenvalue weighted by Gasteiger charge is 1.90. The normalized spacial score (nSPS) is 9.44. The van der Waals surface area contributed by atoms with Crippen molar-refractivity contribution >= 4 is 5.97 Å². The quantitative estimate of drug-likeness (QED) is 0.597. The van der Waals surface area contributed by atoms with Crippen molar-refractivity contribution in [1.82, 2.24) is 0 Å². The number of hydrogen-bond acceptors (Lipinski definition) is 2. The molecule has 0 aliphatic carbocycles. The fraction of sp³-hybridized carbons (Fsp3) is 0.923. The summed E-state index contributed by atoms with van der Waals surface area (Å²) in [5.74, 6) is -0.833. The van der Waals surface area contributed by atoms with Gasteiger partial charge in [-0.05, 0) is 6.42 Å². The Morgan fingerprint density at radius 1 is 0.875 bits per heavy atom. The predicted octanol–water partition coefficient (Wildman–Crippen LogP) is 3.60. The van der Waals surface area contributed by atoms with Crippen molar-refractivity contribution in [2.24, 2.45) is 0 Å². The van der Waals surface area contributed by atoms with E-state index in [-0.39, 0.29) is 0 Å². The maximum absolute atomic E-state index is 9.00. The summed E-state index contributed by atoms with van der Waals surface area (Å²) in [6, 6.07) is 0. The Balaban J connectivity index is 0. The first-order valence-electron chi connectivity index (χ1n) is 6.45. The van der Waals surface area contributed by atoms with E-state index in [1.807, 2.05) is 0 Å². The van der Waals surface area contributed by atoms with E-state index in [9.17, 15) is 0 Å². The zero-order valence-electron chi connectivity index (χ0n) is 10.9. The Morgan fingerprint density at radius 2 is 1.19 bits per heavy atom. The second-order valence-corrected chi connectivity index (χ2v) is 4.07. The first-order chi connectivity index (χ1) is 7.65. The van der Waals surface area contributed by atoms with Gasteiger partial charge in [0, 0.05) is 13.5 Å². The van der Waals surface area contributed by atoms with Gasteiger partial charge in [-0.3, -0.25) is 4.79 Å². The zero-order chi connectivity index (χ0) is 12.6. The van der Waals surface area contributed by atoms with Crippen LogP contribution in [0.1, 0.15) is 71.6 Å². The molecule has 0 aromatic carbocycles. The lowest BCUT2D eigenvalue weighted by molar-refractivity contribution is -0.134. The highest BCUT2D eigenvalue weighted by molar-refractivity contribution is 5.62. The highest BCUT2D eigenvalue weighted by Crippen LogP contribution is 2.08. The van der Waals surface area contributed by atoms with Crippen molar-refractivity contribution < 1.29 is 15.0 Å². The molecule has 0 aliphatic rings. The Labute approximate surface area is 99.9 Å². The second kappa shape index (κ2) is 16.8. The minimum absolute atomic E-state index is 0.371. The molecule has 0 amide bonds. The molecule has 0 atom stereocenters. The van der Waals surface area contributed by atoms with Crippen LogP contribution in [0.2, 0.25) is 0 Å². The molecule has 0 rings (SSSR count). The van der Waals surface area contributed by atoms with E-state index < -0.39 is 5.97 Å². The molecule has 0 aromatic rings. The van der Waals surface area contributed by atoms with E-state index >= 15 is 0 Å². The number of carboxylic acid groups (broad SMARTS) is 1. The third kappa shape index (κ3) is 29.2. The van der Waals surface area contributed by atoms with E-state index in [2.05, 4.69) is 6.92 Å². The number of aliphatic hydroxyl groups is 1. The molecule has 2 N–H and O–H groups in total. The summed E-state index contributed by atoms with van der Waals surface area (Å²) in [5.41, 5.74) is 0. The molecule has 16 heavy (non-hydrogen) atoms. The summed E-state index contributed by atoms with van der Waals surface area (Å²) in [4.78, 5) is 9.00. The molecular formula is C13H28O3. The van der Waals surface area contributed by atoms with E-state index in [0.29, 0.717) is 6.61 Å². The molecule has 0 saturated heterocycles. The van der Waals surface area contributed by atoms with Crippen molar-refractivity contribution in [2.45, 2.75) is 71.6 Å². The summed E-state index contributed by atoms with van der Waals surface area (Å²) in [6.07, 6.45) is 11.8. The molecule has 0 radical (unpaired) electrons. The van der Waals surface area contributed by atoms with Gasteiger partial charge in [0.05, 0.1) is 0 Å². The molecule has 0 spiro atoms. The van der Waals surface area contributed by atoms with Gasteiger partial charge in [0.25, 0.3) is 5.97 Å². The lowest BCUT2D eigenvalue weighted by Gasteiger charge is -1.99. The van der Waals surface area contributed by atoms with Gasteiger partial charge in [-0.2, -0.15) is 0 Å². The molecule has 0 bridgehead atoms. The van der Waals surface area contributed by atoms with Crippen LogP contribution >= 0.6 is 0 Å². The van der Waals surface area contributed by atoms with Gasteiger partial charge in [-0.1, -0.05) is 58.3 Å². The van der Waals surface area contributed by atoms with Crippen LogP contribution in [0.25, 0.3) is 0 Å². The van der Waals surface area contributed by atoms with Gasteiger partial charge in [-0.15, -0.1) is 0 Å². The average molecular weight is 232 g/mol. The number of aliphatic hydroxyl groups excluding tert-OH is 1. The van der Waals surface area contributed by atoms with E-state index in [4.69, 9.17) is 15.0 Å². The van der Waals surface area contributed by atoms with E-state index in [1.165, 1.54) is 51.4 Å². The molecule has 0 unspecified atom stereocenters. The Kier molecular flexibility index (Phi) is 18.8. The van der Waals surface area contributed by atoms with Crippen LogP contribution in [0.5, 0.6) is 0 Å². The molecule has 98 valence electrons. The topological polar surface area (TPSA) is 57.5 Å². The number of carbonyl (C=O) groups is 1. The van der Waals surface area contributed by atoms with Crippen molar-refractivity contribution in [2.75, 3.05) is 6.61 Å². The summed E-state index contributed by atoms with van der Waals surface area (Å²) in [7, 11) is 0. The fourth-order valence-electron chi connectivity index (χ4n) is 1.42. The van der Waals surface area contributed by atoms with Crippen LogP contribution in [-0.2, 0) is 4.79 Å². The standard InChI is InChI=1S/C11H24O.C2H4O2/c1-2-3-4-5-6-7-8-9-10-11-12;1-2(3)4/h12H,2-11H2,1H3;1H3,(H,3,4). The van der Waals surface area contributed by atoms with Gasteiger partial charge in [-0.25, -0.2) is 0 Å². The Morgan fingerprint density at radius 3 is 1.50 bits per heavy atom. The van der Waals surface area contributed by atoms with Crippen LogP contribution in [0, 0.1) is 0 Å². The van der Waals surface area contributed by atoms with Crippen LogP contribution in [-0.4, -0.2) is 22.8 Å². The predicted molar refractivity (Wildman–Crippen MR) is 67.6 cm³/mol. The molecule has 3 nitrogen and oxygen atoms in total. The van der Waals surface area contributed by atoms with Crippen LogP contribution in [0.3, 0.4) is 0 Å². The largest absolute Gasteiger partial charge is 0.481 e. The van der Waals surface area contributed by atoms with Gasteiger partial charge in [0.2, 0.25) is 0 Å². The minimum Gasteiger partial charge on any atom is -0.481 e. The number of carboxylic acids is 1. The van der Waals surface area contributed by atoms with Crippen molar-refractivity contribution in [1.29, 1.82) is 0 Å². The third-order valence-corrected chi connectivity index (χ3v) is 2.26. The number of rotatable bonds is 9. The lowest BCUT2D eigenvalue weighted by atomic mass is 10.1. The first-order valence-corrected chi connectivity index (χ1v) is 6.45. The molecule has 0 fully saturated rings. The van der Waals surface area contributed by atoms with Gasteiger partial charge in [0.15, 0.2) is 0 Å². The van der Waals surface area contributed by atoms with Crippen molar-refractivity contribution in [3.8, 4) is 0 Å². The summed E-state index contributed by atoms with van der Waals surface area (Å²) in [6.45, 7) is 3.71. The van der Waals surface area contributed by atoms with Crippen molar-refractivity contribution in [3.05, 3.63) is 0 Å². The molecular weight excluding hydrogens is 204 g/mol. The Hall–Kier alpha value is -0.570. The number of aliphatic carboxylic acids is 1. The maximum atomic E-state index is 9.00. The summed E-state index contributed by atoms with van der Waals surface area (Å²) >= 11 is 0. The summed E-state index contributed by atoms with van der Waals surface area (Å²) < 4.78 is 0. The maximum Gasteiger partial charge on any atom is 0.300 e. The van der Waals surface area contributed by atoms with E-state index in [1.54, 1.807) is 0 Å².